The molecule has 48 valence electrons. The van der Waals surface area contributed by atoms with E-state index in [1.807, 2.05) is 30.3 Å². The summed E-state index contributed by atoms with van der Waals surface area (Å²) in [5.41, 5.74) is 1.13. The van der Waals surface area contributed by atoms with Crippen molar-refractivity contribution < 1.29 is 4.11 Å². The quantitative estimate of drug-likeness (QED) is 0.428. The molecule has 0 heterocycles. The topological polar surface area (TPSA) is 0 Å². The van der Waals surface area contributed by atoms with Crippen LogP contribution >= 0.6 is 0 Å². The van der Waals surface area contributed by atoms with Gasteiger partial charge in [-0.25, -0.2) is 0 Å². The van der Waals surface area contributed by atoms with Crippen LogP contribution in [0.5, 0.6) is 0 Å². The first-order valence-corrected chi connectivity index (χ1v) is 4.57. The fraction of sp³-hybridized carbons (Fsp3) is 0.143. The number of rotatable bonds is 2. The lowest BCUT2D eigenvalue weighted by atomic mass is 10.2. The van der Waals surface area contributed by atoms with Crippen molar-refractivity contribution in [2.45, 2.75) is 6.04 Å². The van der Waals surface area contributed by atoms with Gasteiger partial charge in [-0.2, -0.15) is 0 Å². The fourth-order valence-electron chi connectivity index (χ4n) is 0.754. The van der Waals surface area contributed by atoms with Crippen LogP contribution in [0.25, 0.3) is 0 Å². The number of halogens is 1. The van der Waals surface area contributed by atoms with E-state index >= 15 is 0 Å². The van der Waals surface area contributed by atoms with Gasteiger partial charge in [0, 0.05) is 0 Å². The minimum absolute atomic E-state index is 0.681. The van der Waals surface area contributed by atoms with Crippen molar-refractivity contribution in [2.24, 2.45) is 0 Å². The van der Waals surface area contributed by atoms with Crippen LogP contribution in [0.2, 0.25) is 0 Å². The summed E-state index contributed by atoms with van der Waals surface area (Å²) >= 11 is 0. The van der Waals surface area contributed by atoms with Crippen molar-refractivity contribution >= 4 is 9.85 Å². The molecule has 0 nitrogen and oxygen atoms in total. The summed E-state index contributed by atoms with van der Waals surface area (Å²) in [6, 6.07) is 10.4. The van der Waals surface area contributed by atoms with Crippen molar-refractivity contribution in [1.29, 1.82) is 0 Å². The lowest BCUT2D eigenvalue weighted by Crippen LogP contribution is -1.87. The average molecular weight is 140 g/mol. The van der Waals surface area contributed by atoms with Crippen molar-refractivity contribution in [3.05, 3.63) is 35.9 Å². The summed E-state index contributed by atoms with van der Waals surface area (Å²) < 4.78 is 11.8. The van der Waals surface area contributed by atoms with Gasteiger partial charge in [0.15, 0.2) is 0 Å². The summed E-state index contributed by atoms with van der Waals surface area (Å²) in [6.07, 6.45) is 0. The number of benzene rings is 1. The monoisotopic (exact) mass is 140 g/mol. The van der Waals surface area contributed by atoms with Crippen LogP contribution in [-0.4, -0.2) is 9.85 Å². The fourth-order valence-corrected chi connectivity index (χ4v) is 1.31. The molecule has 9 heavy (non-hydrogen) atoms. The molecule has 0 amide bonds. The molecular weight excluding hydrogens is 131 g/mol. The largest absolute Gasteiger partial charge is 0.322 e. The van der Waals surface area contributed by atoms with Crippen LogP contribution in [0.4, 0.5) is 4.11 Å². The maximum absolute atomic E-state index is 11.8. The average Bonchev–Trinajstić information content (AvgIpc) is 1.91. The van der Waals surface area contributed by atoms with Crippen LogP contribution in [0.3, 0.4) is 0 Å². The Labute approximate surface area is 56.7 Å². The van der Waals surface area contributed by atoms with Crippen molar-refractivity contribution in [3.63, 3.8) is 0 Å². The highest BCUT2D eigenvalue weighted by Crippen LogP contribution is 1.97. The van der Waals surface area contributed by atoms with Gasteiger partial charge in [-0.1, -0.05) is 30.3 Å². The second-order valence-corrected chi connectivity index (χ2v) is 2.80. The third-order valence-corrected chi connectivity index (χ3v) is 1.99. The lowest BCUT2D eigenvalue weighted by molar-refractivity contribution is 0.859. The first-order chi connectivity index (χ1) is 4.43. The summed E-state index contributed by atoms with van der Waals surface area (Å²) in [4.78, 5) is 0. The molecule has 0 aliphatic carbocycles. The maximum Gasteiger partial charge on any atom is 0.221 e. The predicted molar refractivity (Wildman–Crippen MR) is 39.8 cm³/mol. The Morgan fingerprint density at radius 3 is 2.44 bits per heavy atom. The van der Waals surface area contributed by atoms with Gasteiger partial charge in [0.25, 0.3) is 0 Å². The van der Waals surface area contributed by atoms with Crippen LogP contribution in [0.15, 0.2) is 30.3 Å². The van der Waals surface area contributed by atoms with E-state index in [9.17, 15) is 4.11 Å². The highest BCUT2D eigenvalue weighted by atomic mass is 28.3. The molecule has 0 radical (unpaired) electrons. The molecule has 0 fully saturated rings. The van der Waals surface area contributed by atoms with Gasteiger partial charge in [0.1, 0.15) is 0 Å². The highest BCUT2D eigenvalue weighted by molar-refractivity contribution is 6.25. The lowest BCUT2D eigenvalue weighted by Gasteiger charge is -1.91. The Hall–Kier alpha value is -0.633. The molecule has 0 aliphatic heterocycles. The molecule has 0 spiro atoms. The normalized spacial score (nSPS) is 10.8. The zero-order chi connectivity index (χ0) is 6.53. The summed E-state index contributed by atoms with van der Waals surface area (Å²) in [5, 5.41) is 0. The summed E-state index contributed by atoms with van der Waals surface area (Å²) in [6.45, 7) is 0. The zero-order valence-corrected chi connectivity index (χ0v) is 6.59. The van der Waals surface area contributed by atoms with Crippen LogP contribution in [0, 0.1) is 0 Å². The van der Waals surface area contributed by atoms with Gasteiger partial charge in [-0.15, -0.1) is 0 Å². The molecular formula is C7H9FSi. The SMILES string of the molecule is F[SiH2]Cc1ccccc1. The van der Waals surface area contributed by atoms with Crippen LogP contribution < -0.4 is 0 Å². The Balaban J connectivity index is 2.61. The third-order valence-electron chi connectivity index (χ3n) is 1.23. The van der Waals surface area contributed by atoms with Crippen molar-refractivity contribution in [1.82, 2.24) is 0 Å². The number of hydrogen-bond acceptors (Lipinski definition) is 0. The number of hydrogen-bond donors (Lipinski definition) is 0. The van der Waals surface area contributed by atoms with Gasteiger partial charge in [0.05, 0.1) is 0 Å². The van der Waals surface area contributed by atoms with E-state index < -0.39 is 9.85 Å². The predicted octanol–water partition coefficient (Wildman–Crippen LogP) is 1.24. The van der Waals surface area contributed by atoms with Crippen LogP contribution in [-0.2, 0) is 6.04 Å². The maximum atomic E-state index is 11.8. The minimum atomic E-state index is -1.28. The second kappa shape index (κ2) is 3.40. The second-order valence-electron chi connectivity index (χ2n) is 1.92. The molecule has 0 saturated carbocycles. The van der Waals surface area contributed by atoms with Gasteiger partial charge < -0.3 is 4.11 Å². The molecule has 0 unspecified atom stereocenters. The van der Waals surface area contributed by atoms with Gasteiger partial charge in [-0.3, -0.25) is 0 Å². The van der Waals surface area contributed by atoms with E-state index in [1.165, 1.54) is 0 Å². The molecule has 1 aromatic carbocycles. The first kappa shape index (κ1) is 6.49. The molecule has 1 rings (SSSR count). The minimum Gasteiger partial charge on any atom is -0.322 e. The van der Waals surface area contributed by atoms with Gasteiger partial charge in [-0.05, 0) is 11.6 Å². The molecule has 1 aromatic rings. The smallest absolute Gasteiger partial charge is 0.221 e. The Kier molecular flexibility index (Phi) is 2.45. The molecule has 0 aliphatic rings. The Bertz CT molecular complexity index is 162. The van der Waals surface area contributed by atoms with E-state index in [4.69, 9.17) is 0 Å². The van der Waals surface area contributed by atoms with E-state index in [2.05, 4.69) is 0 Å². The van der Waals surface area contributed by atoms with E-state index in [1.54, 1.807) is 0 Å². The summed E-state index contributed by atoms with van der Waals surface area (Å²) in [7, 11) is -1.28. The Morgan fingerprint density at radius 1 is 1.22 bits per heavy atom. The standard InChI is InChI=1S/C7H9FSi/c8-9-6-7-4-2-1-3-5-7/h1-5H,6,9H2. The molecule has 0 N–H and O–H groups in total. The third kappa shape index (κ3) is 1.97. The highest BCUT2D eigenvalue weighted by Gasteiger charge is 1.87. The van der Waals surface area contributed by atoms with Crippen molar-refractivity contribution in [3.8, 4) is 0 Å². The molecule has 0 saturated heterocycles. The molecule has 0 bridgehead atoms. The zero-order valence-electron chi connectivity index (χ0n) is 5.18. The van der Waals surface area contributed by atoms with E-state index in [0.29, 0.717) is 6.04 Å². The Morgan fingerprint density at radius 2 is 1.89 bits per heavy atom. The van der Waals surface area contributed by atoms with Gasteiger partial charge >= 0.3 is 0 Å². The molecule has 0 atom stereocenters. The molecule has 0 aromatic heterocycles. The van der Waals surface area contributed by atoms with Gasteiger partial charge in [0.2, 0.25) is 9.85 Å². The van der Waals surface area contributed by atoms with E-state index in [-0.39, 0.29) is 0 Å². The van der Waals surface area contributed by atoms with Crippen LogP contribution in [0.1, 0.15) is 5.56 Å². The van der Waals surface area contributed by atoms with Crippen molar-refractivity contribution in [2.75, 3.05) is 0 Å². The summed E-state index contributed by atoms with van der Waals surface area (Å²) in [5.74, 6) is 0. The van der Waals surface area contributed by atoms with E-state index in [0.717, 1.165) is 5.56 Å². The molecule has 2 heteroatoms. The first-order valence-electron chi connectivity index (χ1n) is 3.03.